The maximum absolute atomic E-state index is 6.70. The largest absolute Gasteiger partial charge is 0.496 e. The van der Waals surface area contributed by atoms with Crippen molar-refractivity contribution < 1.29 is 28.4 Å². The maximum Gasteiger partial charge on any atom is 0.127 e. The fraction of sp³-hybridized carbons (Fsp3) is 0.394. The van der Waals surface area contributed by atoms with Gasteiger partial charge < -0.3 is 28.4 Å². The predicted octanol–water partition coefficient (Wildman–Crippen LogP) is 5.60. The first-order chi connectivity index (χ1) is 19.3. The molecule has 204 valence electrons. The third-order valence-electron chi connectivity index (χ3n) is 7.62. The van der Waals surface area contributed by atoms with Crippen LogP contribution in [-0.4, -0.2) is 49.3 Å². The van der Waals surface area contributed by atoms with Crippen LogP contribution in [0, 0.1) is 0 Å². The summed E-state index contributed by atoms with van der Waals surface area (Å²) in [7, 11) is 0. The molecule has 0 aliphatic carbocycles. The minimum atomic E-state index is -0.373. The molecule has 0 saturated carbocycles. The molecule has 3 aliphatic heterocycles. The van der Waals surface area contributed by atoms with E-state index in [-0.39, 0.29) is 42.7 Å². The summed E-state index contributed by atoms with van der Waals surface area (Å²) in [5.41, 5.74) is 3.33. The Morgan fingerprint density at radius 3 is 1.85 bits per heavy atom. The quantitative estimate of drug-likeness (QED) is 0.341. The number of hydrogen-bond acceptors (Lipinski definition) is 6. The zero-order valence-corrected chi connectivity index (χ0v) is 22.0. The van der Waals surface area contributed by atoms with Crippen molar-refractivity contribution in [3.8, 4) is 0 Å². The molecule has 3 heterocycles. The van der Waals surface area contributed by atoms with Crippen molar-refractivity contribution in [3.63, 3.8) is 0 Å². The number of ether oxygens (including phenoxy) is 6. The first kappa shape index (κ1) is 26.2. The van der Waals surface area contributed by atoms with Crippen LogP contribution >= 0.6 is 0 Å². The van der Waals surface area contributed by atoms with Gasteiger partial charge in [0.05, 0.1) is 44.9 Å². The molecule has 0 aromatic heterocycles. The highest BCUT2D eigenvalue weighted by Gasteiger charge is 2.53. The Balaban J connectivity index is 1.24. The van der Waals surface area contributed by atoms with Crippen LogP contribution in [0.2, 0.25) is 0 Å². The lowest BCUT2D eigenvalue weighted by atomic mass is 9.86. The molecule has 6 heteroatoms. The van der Waals surface area contributed by atoms with E-state index in [1.165, 1.54) is 0 Å². The summed E-state index contributed by atoms with van der Waals surface area (Å²) in [5, 5.41) is 0. The molecule has 0 unspecified atom stereocenters. The van der Waals surface area contributed by atoms with E-state index >= 15 is 0 Å². The average Bonchev–Trinajstić information content (AvgIpc) is 3.00. The van der Waals surface area contributed by atoms with E-state index in [1.54, 1.807) is 6.26 Å². The predicted molar refractivity (Wildman–Crippen MR) is 147 cm³/mol. The van der Waals surface area contributed by atoms with Crippen LogP contribution in [-0.2, 0) is 48.2 Å². The monoisotopic (exact) mass is 528 g/mol. The summed E-state index contributed by atoms with van der Waals surface area (Å²) in [4.78, 5) is 0. The fourth-order valence-electron chi connectivity index (χ4n) is 5.64. The van der Waals surface area contributed by atoms with Gasteiger partial charge in [0.2, 0.25) is 0 Å². The standard InChI is InChI=1S/C33H36O6/c1-4-11-24(12-5-1)20-34-23-30-31(36-21-25-13-6-2-7-14-25)33(37-22-26-15-8-3-9-16-26)32-29(38-30)19-28-27(39-32)17-10-18-35-28/h1-16,18,27-33H,17,19-23H2/t27-,28+,29-,30+,31+,32-,33-/m0/s1. The van der Waals surface area contributed by atoms with Gasteiger partial charge in [-0.25, -0.2) is 0 Å². The second kappa shape index (κ2) is 12.9. The molecular formula is C33H36O6. The van der Waals surface area contributed by atoms with Gasteiger partial charge in [-0.2, -0.15) is 0 Å². The molecule has 7 atom stereocenters. The van der Waals surface area contributed by atoms with E-state index in [2.05, 4.69) is 36.4 Å². The average molecular weight is 529 g/mol. The van der Waals surface area contributed by atoms with Crippen LogP contribution in [0.3, 0.4) is 0 Å². The first-order valence-corrected chi connectivity index (χ1v) is 13.9. The Kier molecular flexibility index (Phi) is 8.68. The highest BCUT2D eigenvalue weighted by molar-refractivity contribution is 5.16. The number of rotatable bonds is 10. The molecule has 2 fully saturated rings. The smallest absolute Gasteiger partial charge is 0.127 e. The van der Waals surface area contributed by atoms with Crippen LogP contribution in [0.15, 0.2) is 103 Å². The summed E-state index contributed by atoms with van der Waals surface area (Å²) in [6.07, 6.45) is 3.84. The van der Waals surface area contributed by atoms with Crippen molar-refractivity contribution in [2.24, 2.45) is 0 Å². The molecule has 3 aromatic carbocycles. The molecule has 6 nitrogen and oxygen atoms in total. The third-order valence-corrected chi connectivity index (χ3v) is 7.62. The van der Waals surface area contributed by atoms with Crippen molar-refractivity contribution >= 4 is 0 Å². The van der Waals surface area contributed by atoms with Gasteiger partial charge in [-0.3, -0.25) is 0 Å². The minimum absolute atomic E-state index is 0.0247. The zero-order chi connectivity index (χ0) is 26.3. The van der Waals surface area contributed by atoms with E-state index < -0.39 is 0 Å². The molecule has 39 heavy (non-hydrogen) atoms. The third kappa shape index (κ3) is 6.60. The van der Waals surface area contributed by atoms with Crippen LogP contribution in [0.5, 0.6) is 0 Å². The topological polar surface area (TPSA) is 55.4 Å². The lowest BCUT2D eigenvalue weighted by Crippen LogP contribution is -2.65. The van der Waals surface area contributed by atoms with Gasteiger partial charge in [0, 0.05) is 6.42 Å². The number of fused-ring (bicyclic) bond motifs is 2. The number of hydrogen-bond donors (Lipinski definition) is 0. The van der Waals surface area contributed by atoms with Crippen molar-refractivity contribution in [2.45, 2.75) is 75.4 Å². The SMILES string of the molecule is C1=CO[C@@H]2C[C@@H]3O[C@H](COCc4ccccc4)[C@@H](OCc4ccccc4)[C@H](OCc4ccccc4)[C@H]3O[C@H]2C1. The van der Waals surface area contributed by atoms with Gasteiger partial charge in [-0.05, 0) is 29.2 Å². The van der Waals surface area contributed by atoms with Gasteiger partial charge in [0.1, 0.15) is 30.5 Å². The molecule has 0 amide bonds. The lowest BCUT2D eigenvalue weighted by molar-refractivity contribution is -0.305. The van der Waals surface area contributed by atoms with Crippen molar-refractivity contribution in [1.82, 2.24) is 0 Å². The molecule has 3 aliphatic rings. The Morgan fingerprint density at radius 2 is 1.21 bits per heavy atom. The van der Waals surface area contributed by atoms with Crippen molar-refractivity contribution in [1.29, 1.82) is 0 Å². The first-order valence-electron chi connectivity index (χ1n) is 13.9. The Labute approximate surface area is 230 Å². The molecule has 6 rings (SSSR count). The van der Waals surface area contributed by atoms with E-state index in [0.29, 0.717) is 26.4 Å². The van der Waals surface area contributed by atoms with E-state index in [4.69, 9.17) is 28.4 Å². The van der Waals surface area contributed by atoms with Gasteiger partial charge >= 0.3 is 0 Å². The Bertz CT molecular complexity index is 1170. The van der Waals surface area contributed by atoms with Crippen molar-refractivity contribution in [2.75, 3.05) is 6.61 Å². The number of benzene rings is 3. The summed E-state index contributed by atoms with van der Waals surface area (Å²) < 4.78 is 38.7. The fourth-order valence-corrected chi connectivity index (χ4v) is 5.64. The van der Waals surface area contributed by atoms with Gasteiger partial charge in [-0.1, -0.05) is 91.0 Å². The second-order valence-electron chi connectivity index (χ2n) is 10.4. The van der Waals surface area contributed by atoms with E-state index in [0.717, 1.165) is 29.5 Å². The zero-order valence-electron chi connectivity index (χ0n) is 22.0. The van der Waals surface area contributed by atoms with Crippen LogP contribution in [0.25, 0.3) is 0 Å². The molecule has 0 spiro atoms. The van der Waals surface area contributed by atoms with Crippen LogP contribution in [0.1, 0.15) is 29.5 Å². The molecule has 2 saturated heterocycles. The Hall–Kier alpha value is -3.00. The highest BCUT2D eigenvalue weighted by atomic mass is 16.6. The van der Waals surface area contributed by atoms with Crippen molar-refractivity contribution in [3.05, 3.63) is 120 Å². The van der Waals surface area contributed by atoms with Gasteiger partial charge in [0.15, 0.2) is 0 Å². The summed E-state index contributed by atoms with van der Waals surface area (Å²) in [5.74, 6) is 0. The normalized spacial score (nSPS) is 29.7. The summed E-state index contributed by atoms with van der Waals surface area (Å²) >= 11 is 0. The molecular weight excluding hydrogens is 492 g/mol. The summed E-state index contributed by atoms with van der Waals surface area (Å²) in [6, 6.07) is 30.6. The second-order valence-corrected chi connectivity index (χ2v) is 10.4. The lowest BCUT2D eigenvalue weighted by Gasteiger charge is -2.51. The van der Waals surface area contributed by atoms with E-state index in [1.807, 2.05) is 60.7 Å². The summed E-state index contributed by atoms with van der Waals surface area (Å²) in [6.45, 7) is 1.80. The molecule has 0 bridgehead atoms. The van der Waals surface area contributed by atoms with Crippen LogP contribution < -0.4 is 0 Å². The minimum Gasteiger partial charge on any atom is -0.496 e. The molecule has 3 aromatic rings. The van der Waals surface area contributed by atoms with Gasteiger partial charge in [-0.15, -0.1) is 0 Å². The molecule has 0 N–H and O–H groups in total. The maximum atomic E-state index is 6.70. The van der Waals surface area contributed by atoms with E-state index in [9.17, 15) is 0 Å². The molecule has 0 radical (unpaired) electrons. The Morgan fingerprint density at radius 1 is 0.615 bits per heavy atom. The highest BCUT2D eigenvalue weighted by Crippen LogP contribution is 2.38. The van der Waals surface area contributed by atoms with Gasteiger partial charge in [0.25, 0.3) is 0 Å². The van der Waals surface area contributed by atoms with Crippen LogP contribution in [0.4, 0.5) is 0 Å².